The number of urea groups is 1. The van der Waals surface area contributed by atoms with Crippen LogP contribution in [-0.4, -0.2) is 122 Å². The van der Waals surface area contributed by atoms with Crippen LogP contribution >= 0.6 is 39.0 Å². The van der Waals surface area contributed by atoms with Crippen molar-refractivity contribution in [1.82, 2.24) is 31.6 Å². The Labute approximate surface area is 415 Å². The summed E-state index contributed by atoms with van der Waals surface area (Å²) < 4.78 is 23.4. The maximum atomic E-state index is 13.1. The first kappa shape index (κ1) is 57.5. The van der Waals surface area contributed by atoms with Gasteiger partial charge in [0.25, 0.3) is 0 Å². The van der Waals surface area contributed by atoms with Crippen molar-refractivity contribution in [2.75, 3.05) is 51.8 Å². The molecule has 4 rings (SSSR count). The summed E-state index contributed by atoms with van der Waals surface area (Å²) in [5, 5.41) is 18.1. The molecule has 7 atom stereocenters. The standard InChI is InChI=1S/C41H61BrN6O9S2.C8H14/c1-26-8-7-11-38(51)57-31(20-28(3)42)22-37-46-32(24-59-37)27(2)19-30(21-39(52)56-29(4)18-26)45-23-36(50)44-13-15-55-17-16-54-14-12-43-35(49)10-6-5-9-34-40-33(25-58-34)47-41(53)48-40;1-4-6-8(3)7-5-2/h7-8,11,20,24,27,29-31,33-34,40,45H,5-6,9-10,12-19,21-23,25H2,1-4H3,(H,43,49)(H,44,50)(H2,47,48,53);4,6-7H,5H2,1-3H3/b11-7-,26-8+,28-20+;6-4+,8-7+/t27-,29-,30+,31+,33?,34?,40?;/m0./s1. The van der Waals surface area contributed by atoms with E-state index in [0.29, 0.717) is 70.5 Å². The number of cyclic esters (lactones) is 2. The number of thiazole rings is 1. The number of carbonyl (C=O) groups excluding carboxylic acids is 5. The average molecular weight is 1040 g/mol. The van der Waals surface area contributed by atoms with Gasteiger partial charge in [0.2, 0.25) is 11.8 Å². The van der Waals surface area contributed by atoms with Crippen molar-refractivity contribution >= 4 is 68.8 Å². The fourth-order valence-electron chi connectivity index (χ4n) is 7.67. The number of hydrogen-bond donors (Lipinski definition) is 5. The topological polar surface area (TPSA) is 195 Å². The smallest absolute Gasteiger partial charge is 0.331 e. The number of thioether (sulfide) groups is 1. The maximum Gasteiger partial charge on any atom is 0.331 e. The van der Waals surface area contributed by atoms with Gasteiger partial charge < -0.3 is 45.5 Å². The van der Waals surface area contributed by atoms with Crippen LogP contribution in [0.1, 0.15) is 116 Å². The van der Waals surface area contributed by atoms with Gasteiger partial charge in [0.05, 0.1) is 62.2 Å². The molecular formula is C49H75BrN6O9S2. The Morgan fingerprint density at radius 1 is 0.985 bits per heavy atom. The van der Waals surface area contributed by atoms with Crippen molar-refractivity contribution in [1.29, 1.82) is 0 Å². The predicted octanol–water partition coefficient (Wildman–Crippen LogP) is 7.49. The number of rotatable bonds is 20. The van der Waals surface area contributed by atoms with Gasteiger partial charge in [0.1, 0.15) is 12.2 Å². The SMILES string of the molecule is C/C(Br)=C\[C@@H]1Cc2nc(cs2)[C@@H](C)C[C@@H](NCC(=O)NCCOCCOCCNC(=O)CCCCC2SCC3NC(=O)NC32)CC(=O)O[C@@H](C)C/C(C)=C/C=C\C(=O)O1.C/C=C/C(C)=C/CC. The van der Waals surface area contributed by atoms with Crippen LogP contribution in [-0.2, 0) is 44.5 Å². The lowest BCUT2D eigenvalue weighted by molar-refractivity contribution is -0.149. The van der Waals surface area contributed by atoms with Crippen LogP contribution in [0.15, 0.2) is 63.5 Å². The van der Waals surface area contributed by atoms with Gasteiger partial charge in [-0.3, -0.25) is 14.4 Å². The summed E-state index contributed by atoms with van der Waals surface area (Å²) in [7, 11) is 0. The Balaban J connectivity index is 0.00000136. The van der Waals surface area contributed by atoms with E-state index in [-0.39, 0.29) is 66.9 Å². The summed E-state index contributed by atoms with van der Waals surface area (Å²) in [6.07, 6.45) is 18.0. The number of allylic oxidation sites excluding steroid dienone is 7. The fourth-order valence-corrected chi connectivity index (χ4v) is 10.5. The number of nitrogens with one attached hydrogen (secondary N) is 5. The summed E-state index contributed by atoms with van der Waals surface area (Å²) in [6, 6.07) is -0.0133. The van der Waals surface area contributed by atoms with Crippen molar-refractivity contribution in [2.45, 2.75) is 148 Å². The van der Waals surface area contributed by atoms with Crippen LogP contribution in [0.25, 0.3) is 0 Å². The van der Waals surface area contributed by atoms with E-state index in [4.69, 9.17) is 23.9 Å². The zero-order valence-corrected chi connectivity index (χ0v) is 43.7. The second kappa shape index (κ2) is 32.9. The number of aromatic nitrogens is 1. The molecule has 67 heavy (non-hydrogen) atoms. The van der Waals surface area contributed by atoms with E-state index in [2.05, 4.69) is 74.6 Å². The molecule has 1 aromatic rings. The molecule has 2 fully saturated rings. The number of hydrogen-bond acceptors (Lipinski definition) is 13. The van der Waals surface area contributed by atoms with Gasteiger partial charge in [0.15, 0.2) is 0 Å². The maximum absolute atomic E-state index is 13.1. The Hall–Kier alpha value is -3.81. The summed E-state index contributed by atoms with van der Waals surface area (Å²) in [5.41, 5.74) is 3.15. The van der Waals surface area contributed by atoms with Gasteiger partial charge in [-0.2, -0.15) is 11.8 Å². The van der Waals surface area contributed by atoms with Crippen molar-refractivity contribution in [3.8, 4) is 0 Å². The lowest BCUT2D eigenvalue weighted by atomic mass is 9.97. The number of unbranched alkanes of at least 4 members (excludes halogenated alkanes) is 1. The lowest BCUT2D eigenvalue weighted by Crippen LogP contribution is -2.42. The molecule has 5 N–H and O–H groups in total. The number of esters is 2. The second-order valence-corrected chi connectivity index (χ2v) is 20.5. The Kier molecular flexibility index (Phi) is 28.2. The van der Waals surface area contributed by atoms with Gasteiger partial charge in [0, 0.05) is 66.8 Å². The molecule has 1 aromatic heterocycles. The Bertz CT molecular complexity index is 1870. The van der Waals surface area contributed by atoms with Gasteiger partial charge in [-0.15, -0.1) is 11.3 Å². The number of carbonyl (C=O) groups is 5. The normalized spacial score (nSPS) is 25.4. The number of halogens is 1. The van der Waals surface area contributed by atoms with Crippen LogP contribution in [0.2, 0.25) is 0 Å². The third-order valence-electron chi connectivity index (χ3n) is 10.8. The van der Waals surface area contributed by atoms with Crippen molar-refractivity contribution in [2.24, 2.45) is 0 Å². The first-order valence-corrected chi connectivity index (χ1v) is 26.3. The van der Waals surface area contributed by atoms with E-state index in [0.717, 1.165) is 52.2 Å². The van der Waals surface area contributed by atoms with E-state index < -0.39 is 12.1 Å². The highest BCUT2D eigenvalue weighted by molar-refractivity contribution is 9.11. The first-order valence-electron chi connectivity index (χ1n) is 23.6. The zero-order chi connectivity index (χ0) is 49.0. The minimum absolute atomic E-state index is 0.00295. The van der Waals surface area contributed by atoms with Crippen LogP contribution in [0, 0.1) is 0 Å². The minimum Gasteiger partial charge on any atom is -0.462 e. The van der Waals surface area contributed by atoms with Crippen LogP contribution < -0.4 is 26.6 Å². The highest BCUT2D eigenvalue weighted by Gasteiger charge is 2.42. The molecule has 0 aromatic carbocycles. The molecule has 0 spiro atoms. The average Bonchev–Trinajstić information content (AvgIpc) is 3.98. The first-order chi connectivity index (χ1) is 32.1. The number of fused-ring (bicyclic) bond motifs is 3. The quantitative estimate of drug-likeness (QED) is 0.0375. The molecular weight excluding hydrogens is 961 g/mol. The summed E-state index contributed by atoms with van der Waals surface area (Å²) in [5.74, 6) is -0.155. The number of nitrogens with zero attached hydrogens (tertiary/aromatic N) is 1. The molecule has 0 radical (unpaired) electrons. The summed E-state index contributed by atoms with van der Waals surface area (Å²) in [6.45, 7) is 16.1. The van der Waals surface area contributed by atoms with E-state index in [1.165, 1.54) is 23.0 Å². The monoisotopic (exact) mass is 1030 g/mol. The number of ether oxygens (including phenoxy) is 4. The molecule has 18 heteroatoms. The molecule has 2 bridgehead atoms. The largest absolute Gasteiger partial charge is 0.462 e. The van der Waals surface area contributed by atoms with E-state index in [9.17, 15) is 24.0 Å². The second-order valence-electron chi connectivity index (χ2n) is 17.0. The summed E-state index contributed by atoms with van der Waals surface area (Å²) in [4.78, 5) is 66.9. The van der Waals surface area contributed by atoms with E-state index in [1.807, 2.05) is 57.8 Å². The molecule has 3 aliphatic heterocycles. The van der Waals surface area contributed by atoms with Gasteiger partial charge >= 0.3 is 18.0 Å². The predicted molar refractivity (Wildman–Crippen MR) is 271 cm³/mol. The lowest BCUT2D eigenvalue weighted by Gasteiger charge is -2.22. The zero-order valence-electron chi connectivity index (χ0n) is 40.5. The highest BCUT2D eigenvalue weighted by atomic mass is 79.9. The molecule has 3 unspecified atom stereocenters. The number of amides is 4. The molecule has 0 aliphatic carbocycles. The van der Waals surface area contributed by atoms with E-state index in [1.54, 1.807) is 12.2 Å². The molecule has 3 aliphatic rings. The highest BCUT2D eigenvalue weighted by Crippen LogP contribution is 2.33. The van der Waals surface area contributed by atoms with Crippen molar-refractivity contribution in [3.05, 3.63) is 74.2 Å². The van der Waals surface area contributed by atoms with Crippen molar-refractivity contribution in [3.63, 3.8) is 0 Å². The van der Waals surface area contributed by atoms with Crippen LogP contribution in [0.5, 0.6) is 0 Å². The third-order valence-corrected chi connectivity index (χ3v) is 13.5. The van der Waals surface area contributed by atoms with Crippen molar-refractivity contribution < 1.29 is 42.9 Å². The minimum atomic E-state index is -0.503. The molecule has 4 amide bonds. The van der Waals surface area contributed by atoms with Gasteiger partial charge in [-0.25, -0.2) is 14.6 Å². The van der Waals surface area contributed by atoms with E-state index >= 15 is 0 Å². The van der Waals surface area contributed by atoms with Crippen LogP contribution in [0.3, 0.4) is 0 Å². The molecule has 15 nitrogen and oxygen atoms in total. The Morgan fingerprint density at radius 2 is 1.72 bits per heavy atom. The third kappa shape index (κ3) is 24.9. The Morgan fingerprint density at radius 3 is 2.42 bits per heavy atom. The summed E-state index contributed by atoms with van der Waals surface area (Å²) >= 11 is 6.82. The molecule has 0 saturated carbocycles. The fraction of sp³-hybridized carbons (Fsp3) is 0.633. The molecule has 4 heterocycles. The van der Waals surface area contributed by atoms with Gasteiger partial charge in [-0.05, 0) is 70.9 Å². The van der Waals surface area contributed by atoms with Crippen LogP contribution in [0.4, 0.5) is 4.79 Å². The molecule has 374 valence electrons. The molecule has 2 saturated heterocycles. The van der Waals surface area contributed by atoms with Gasteiger partial charge in [-0.1, -0.05) is 77.7 Å².